The molecule has 5 rings (SSSR count). The summed E-state index contributed by atoms with van der Waals surface area (Å²) in [5.41, 5.74) is 0.571. The Morgan fingerprint density at radius 1 is 1.09 bits per heavy atom. The minimum Gasteiger partial charge on any atom is -0.481 e. The lowest BCUT2D eigenvalue weighted by Gasteiger charge is -2.52. The predicted octanol–water partition coefficient (Wildman–Crippen LogP) is 5.66. The van der Waals surface area contributed by atoms with Gasteiger partial charge in [-0.3, -0.25) is 14.9 Å². The third-order valence-corrected chi connectivity index (χ3v) is 9.89. The van der Waals surface area contributed by atoms with Gasteiger partial charge in [-0.15, -0.1) is 0 Å². The molecule has 0 radical (unpaired) electrons. The molecule has 2 aliphatic rings. The van der Waals surface area contributed by atoms with Gasteiger partial charge in [0.15, 0.2) is 5.03 Å². The van der Waals surface area contributed by atoms with Crippen LogP contribution in [0.2, 0.25) is 10.0 Å². The van der Waals surface area contributed by atoms with Gasteiger partial charge in [0.1, 0.15) is 6.73 Å². The normalized spacial score (nSPS) is 23.2. The fourth-order valence-corrected chi connectivity index (χ4v) is 7.22. The molecule has 228 valence electrons. The van der Waals surface area contributed by atoms with Gasteiger partial charge in [0.25, 0.3) is 0 Å². The summed E-state index contributed by atoms with van der Waals surface area (Å²) in [5.74, 6) is -1.44. The summed E-state index contributed by atoms with van der Waals surface area (Å²) < 4.78 is 30.4. The first-order valence-electron chi connectivity index (χ1n) is 14.1. The van der Waals surface area contributed by atoms with Crippen LogP contribution in [0.3, 0.4) is 0 Å². The Balaban J connectivity index is 1.50. The number of benzene rings is 2. The molecule has 1 saturated heterocycles. The number of nitrogens with one attached hydrogen (secondary N) is 1. The molecule has 2 aromatic carbocycles. The molecule has 1 saturated carbocycles. The Morgan fingerprint density at radius 2 is 1.84 bits per heavy atom. The summed E-state index contributed by atoms with van der Waals surface area (Å²) in [7, 11) is -4.08. The Kier molecular flexibility index (Phi) is 9.43. The molecule has 1 aromatic heterocycles. The molecule has 1 aliphatic carbocycles. The number of aliphatic carboxylic acids is 1. The van der Waals surface area contributed by atoms with Crippen molar-refractivity contribution in [3.8, 4) is 0 Å². The molecule has 0 bridgehead atoms. The molecule has 43 heavy (non-hydrogen) atoms. The van der Waals surface area contributed by atoms with Crippen LogP contribution in [-0.4, -0.2) is 54.6 Å². The predicted molar refractivity (Wildman–Crippen MR) is 162 cm³/mol. The maximum atomic E-state index is 14.5. The summed E-state index contributed by atoms with van der Waals surface area (Å²) >= 11 is 12.7. The number of hydrogen-bond donors (Lipinski definition) is 2. The summed E-state index contributed by atoms with van der Waals surface area (Å²) in [6, 6.07) is 18.5. The topological polar surface area (TPSA) is 126 Å². The largest absolute Gasteiger partial charge is 0.481 e. The van der Waals surface area contributed by atoms with E-state index in [0.29, 0.717) is 16.5 Å². The molecule has 2 fully saturated rings. The molecular weight excluding hydrogens is 613 g/mol. The summed E-state index contributed by atoms with van der Waals surface area (Å²) in [4.78, 5) is 32.2. The van der Waals surface area contributed by atoms with Gasteiger partial charge >= 0.3 is 16.1 Å². The van der Waals surface area contributed by atoms with Crippen LogP contribution in [0, 0.1) is 11.3 Å². The van der Waals surface area contributed by atoms with E-state index in [2.05, 4.69) is 10.3 Å². The highest BCUT2D eigenvalue weighted by Crippen LogP contribution is 2.54. The fourth-order valence-electron chi connectivity index (χ4n) is 6.10. The van der Waals surface area contributed by atoms with Gasteiger partial charge in [-0.1, -0.05) is 60.5 Å². The smallest absolute Gasteiger partial charge is 0.315 e. The SMILES string of the molecule is CC1(CC(=O)O)CC(c2cccc(Cl)c2)C(c2ccc(Cl)cc2)N(C(CNCOS(=O)(=O)c2ccccn2)C2CC2)C1=O. The van der Waals surface area contributed by atoms with Gasteiger partial charge in [-0.2, -0.15) is 8.42 Å². The van der Waals surface area contributed by atoms with Crippen LogP contribution in [-0.2, 0) is 23.9 Å². The molecule has 2 N–H and O–H groups in total. The molecule has 3 aromatic rings. The summed E-state index contributed by atoms with van der Waals surface area (Å²) in [6.07, 6.45) is 3.11. The number of hydrogen-bond acceptors (Lipinski definition) is 7. The van der Waals surface area contributed by atoms with E-state index in [-0.39, 0.29) is 48.5 Å². The number of carbonyl (C=O) groups excluding carboxylic acids is 1. The third kappa shape index (κ3) is 7.21. The number of pyridine rings is 1. The minimum atomic E-state index is -4.08. The van der Waals surface area contributed by atoms with E-state index in [1.807, 2.05) is 35.2 Å². The molecule has 2 heterocycles. The average Bonchev–Trinajstić information content (AvgIpc) is 3.81. The lowest BCUT2D eigenvalue weighted by atomic mass is 9.67. The van der Waals surface area contributed by atoms with Crippen molar-refractivity contribution in [3.05, 3.63) is 94.1 Å². The number of aromatic nitrogens is 1. The van der Waals surface area contributed by atoms with Crippen molar-refractivity contribution < 1.29 is 27.3 Å². The second kappa shape index (κ2) is 12.9. The lowest BCUT2D eigenvalue weighted by Crippen LogP contribution is -2.58. The first-order valence-corrected chi connectivity index (χ1v) is 16.2. The monoisotopic (exact) mass is 645 g/mol. The van der Waals surface area contributed by atoms with Crippen LogP contribution >= 0.6 is 23.2 Å². The van der Waals surface area contributed by atoms with Crippen molar-refractivity contribution in [2.24, 2.45) is 11.3 Å². The number of piperidine rings is 1. The first-order chi connectivity index (χ1) is 20.5. The Labute approximate surface area is 261 Å². The van der Waals surface area contributed by atoms with Crippen molar-refractivity contribution in [1.29, 1.82) is 0 Å². The van der Waals surface area contributed by atoms with E-state index in [9.17, 15) is 23.1 Å². The highest BCUT2D eigenvalue weighted by atomic mass is 35.5. The molecule has 1 aliphatic heterocycles. The molecule has 1 amide bonds. The molecule has 0 spiro atoms. The highest BCUT2D eigenvalue weighted by molar-refractivity contribution is 7.86. The van der Waals surface area contributed by atoms with Gasteiger partial charge in [0.2, 0.25) is 5.91 Å². The number of carbonyl (C=O) groups is 2. The van der Waals surface area contributed by atoms with Crippen molar-refractivity contribution in [1.82, 2.24) is 15.2 Å². The van der Waals surface area contributed by atoms with E-state index in [1.54, 1.807) is 37.3 Å². The molecule has 12 heteroatoms. The minimum absolute atomic E-state index is 0.144. The maximum absolute atomic E-state index is 14.5. The first kappa shape index (κ1) is 31.4. The van der Waals surface area contributed by atoms with Crippen LogP contribution in [0.1, 0.15) is 55.7 Å². The number of nitrogens with zero attached hydrogens (tertiary/aromatic N) is 2. The zero-order valence-electron chi connectivity index (χ0n) is 23.5. The van der Waals surface area contributed by atoms with Gasteiger partial charge < -0.3 is 10.0 Å². The van der Waals surface area contributed by atoms with Crippen molar-refractivity contribution in [2.45, 2.75) is 55.6 Å². The van der Waals surface area contributed by atoms with Crippen molar-refractivity contribution in [3.63, 3.8) is 0 Å². The van der Waals surface area contributed by atoms with Gasteiger partial charge in [0, 0.05) is 34.7 Å². The second-order valence-corrected chi connectivity index (χ2v) is 13.9. The lowest BCUT2D eigenvalue weighted by molar-refractivity contribution is -0.161. The number of carboxylic acids is 1. The number of rotatable bonds is 12. The third-order valence-electron chi connectivity index (χ3n) is 8.22. The molecule has 4 atom stereocenters. The van der Waals surface area contributed by atoms with Crippen LogP contribution in [0.25, 0.3) is 0 Å². The maximum Gasteiger partial charge on any atom is 0.315 e. The summed E-state index contributed by atoms with van der Waals surface area (Å²) in [6.45, 7) is 1.63. The molecule has 9 nitrogen and oxygen atoms in total. The quantitative estimate of drug-likeness (QED) is 0.147. The number of halogens is 2. The Hall–Kier alpha value is -3.02. The Morgan fingerprint density at radius 3 is 2.47 bits per heavy atom. The van der Waals surface area contributed by atoms with Crippen LogP contribution in [0.5, 0.6) is 0 Å². The van der Waals surface area contributed by atoms with Crippen LogP contribution in [0.4, 0.5) is 0 Å². The zero-order valence-corrected chi connectivity index (χ0v) is 25.9. The van der Waals surface area contributed by atoms with E-state index in [4.69, 9.17) is 27.4 Å². The molecular formula is C31H33Cl2N3O6S. The van der Waals surface area contributed by atoms with E-state index in [1.165, 1.54) is 12.3 Å². The summed E-state index contributed by atoms with van der Waals surface area (Å²) in [5, 5.41) is 13.8. The van der Waals surface area contributed by atoms with E-state index < -0.39 is 27.5 Å². The van der Waals surface area contributed by atoms with Gasteiger partial charge in [-0.05, 0) is 72.7 Å². The fraction of sp³-hybridized carbons (Fsp3) is 0.387. The van der Waals surface area contributed by atoms with Crippen LogP contribution < -0.4 is 5.32 Å². The van der Waals surface area contributed by atoms with Gasteiger partial charge in [-0.25, -0.2) is 9.17 Å². The Bertz CT molecular complexity index is 1570. The van der Waals surface area contributed by atoms with E-state index >= 15 is 0 Å². The number of carboxylic acid groups (broad SMARTS) is 1. The number of likely N-dealkylation sites (tertiary alicyclic amines) is 1. The van der Waals surface area contributed by atoms with E-state index in [0.717, 1.165) is 24.0 Å². The van der Waals surface area contributed by atoms with Gasteiger partial charge in [0.05, 0.1) is 17.9 Å². The highest BCUT2D eigenvalue weighted by Gasteiger charge is 2.54. The standard InChI is InChI=1S/C31H33Cl2N3O6S/c1-31(17-28(37)38)16-25(22-5-4-6-24(33)15-22)29(21-10-12-23(32)13-11-21)36(30(31)39)26(20-8-9-20)18-34-19-42-43(40,41)27-7-2-3-14-35-27/h2-7,10-15,20,25-26,29,34H,8-9,16-19H2,1H3,(H,37,38). The second-order valence-electron chi connectivity index (χ2n) is 11.4. The van der Waals surface area contributed by atoms with Crippen molar-refractivity contribution in [2.75, 3.05) is 13.3 Å². The zero-order chi connectivity index (χ0) is 30.8. The number of amides is 1. The van der Waals surface area contributed by atoms with Crippen molar-refractivity contribution >= 4 is 45.2 Å². The molecule has 4 unspecified atom stereocenters. The average molecular weight is 647 g/mol. The van der Waals surface area contributed by atoms with Crippen LogP contribution in [0.15, 0.2) is 78.0 Å².